The summed E-state index contributed by atoms with van der Waals surface area (Å²) in [6, 6.07) is 18.0. The number of fused-ring (bicyclic) bond motifs is 1. The lowest BCUT2D eigenvalue weighted by atomic mass is 10.1. The Morgan fingerprint density at radius 3 is 2.14 bits per heavy atom. The van der Waals surface area contributed by atoms with Gasteiger partial charge in [0, 0.05) is 33.7 Å². The van der Waals surface area contributed by atoms with E-state index in [9.17, 15) is 26.7 Å². The van der Waals surface area contributed by atoms with Gasteiger partial charge in [-0.25, -0.2) is 23.1 Å². The van der Waals surface area contributed by atoms with Gasteiger partial charge in [0.15, 0.2) is 15.6 Å². The molecule has 0 aliphatic heterocycles. The van der Waals surface area contributed by atoms with Gasteiger partial charge in [-0.3, -0.25) is 9.35 Å². The Hall–Kier alpha value is -4.50. The number of nitrogens with zero attached hydrogens (tertiary/aromatic N) is 5. The Morgan fingerprint density at radius 2 is 1.48 bits per heavy atom. The lowest BCUT2D eigenvalue weighted by Gasteiger charge is -2.12. The molecule has 1 heterocycles. The Balaban J connectivity index is 0.00000744. The Morgan fingerprint density at radius 1 is 0.828 bits per heavy atom. The van der Waals surface area contributed by atoms with Crippen LogP contribution in [0.2, 0.25) is 5.28 Å². The summed E-state index contributed by atoms with van der Waals surface area (Å²) in [6.07, 6.45) is 0. The molecule has 0 saturated carbocycles. The zero-order valence-corrected chi connectivity index (χ0v) is 33.3. The van der Waals surface area contributed by atoms with E-state index in [4.69, 9.17) is 30.9 Å². The Kier molecular flexibility index (Phi) is 17.1. The number of hydrogen-bond donors (Lipinski definition) is 6. The second-order valence-electron chi connectivity index (χ2n) is 10.5. The van der Waals surface area contributed by atoms with Crippen molar-refractivity contribution in [2.75, 3.05) is 28.7 Å². The highest BCUT2D eigenvalue weighted by Gasteiger charge is 2.18. The molecule has 0 saturated heterocycles. The van der Waals surface area contributed by atoms with Gasteiger partial charge < -0.3 is 25.4 Å². The third-order valence-corrected chi connectivity index (χ3v) is 10.9. The number of aromatic hydroxyl groups is 1. The van der Waals surface area contributed by atoms with Crippen LogP contribution in [0.15, 0.2) is 97.7 Å². The minimum atomic E-state index is -4.79. The first kappa shape index (κ1) is 46.2. The number of anilines is 4. The molecule has 1 aromatic heterocycles. The fourth-order valence-corrected chi connectivity index (χ4v) is 7.32. The molecular weight excluding hydrogens is 898 g/mol. The quantitative estimate of drug-likeness (QED) is 0.0128. The molecule has 5 rings (SSSR count). The number of halogens is 1. The van der Waals surface area contributed by atoms with E-state index in [1.807, 2.05) is 0 Å². The highest BCUT2D eigenvalue weighted by Crippen LogP contribution is 2.44. The zero-order valence-electron chi connectivity index (χ0n) is 28.5. The molecule has 310 valence electrons. The maximum absolute atomic E-state index is 12.5. The van der Waals surface area contributed by atoms with Gasteiger partial charge in [-0.2, -0.15) is 28.5 Å². The molecule has 0 aliphatic rings. The number of hydrogen-bond acceptors (Lipinski definition) is 24. The molecule has 0 radical (unpaired) electrons. The molecule has 29 heteroatoms. The van der Waals surface area contributed by atoms with Crippen molar-refractivity contribution in [3.8, 4) is 5.75 Å². The minimum absolute atomic E-state index is 0. The van der Waals surface area contributed by atoms with E-state index < -0.39 is 38.6 Å². The van der Waals surface area contributed by atoms with Crippen LogP contribution in [0.5, 0.6) is 5.75 Å². The molecule has 58 heavy (non-hydrogen) atoms. The summed E-state index contributed by atoms with van der Waals surface area (Å²) in [4.78, 5) is 24.7. The van der Waals surface area contributed by atoms with Crippen LogP contribution in [0.4, 0.5) is 34.6 Å². The van der Waals surface area contributed by atoms with Gasteiger partial charge in [0.1, 0.15) is 11.4 Å². The van der Waals surface area contributed by atoms with Gasteiger partial charge in [0.25, 0.3) is 0 Å². The number of carbonyl (C=O) groups excluding carboxylic acids is 1. The van der Waals surface area contributed by atoms with Crippen LogP contribution in [-0.2, 0) is 52.1 Å². The third-order valence-electron chi connectivity index (χ3n) is 6.71. The molecule has 0 unspecified atom stereocenters. The fraction of sp³-hybridized carbons (Fsp3) is 0.103. The molecule has 0 aliphatic carbocycles. The normalized spacial score (nSPS) is 11.7. The summed E-state index contributed by atoms with van der Waals surface area (Å²) < 4.78 is 72.8. The van der Waals surface area contributed by atoms with Crippen LogP contribution in [-0.4, -0.2) is 81.5 Å². The van der Waals surface area contributed by atoms with E-state index in [0.29, 0.717) is 56.8 Å². The monoisotopic (exact) mass is 923 g/mol. The van der Waals surface area contributed by atoms with Crippen LogP contribution in [0.1, 0.15) is 0 Å². The first-order valence-corrected chi connectivity index (χ1v) is 20.9. The second kappa shape index (κ2) is 21.5. The van der Waals surface area contributed by atoms with E-state index in [1.54, 1.807) is 48.5 Å². The van der Waals surface area contributed by atoms with E-state index in [2.05, 4.69) is 58.7 Å². The van der Waals surface area contributed by atoms with Gasteiger partial charge in [-0.1, -0.05) is 10.1 Å². The van der Waals surface area contributed by atoms with Crippen molar-refractivity contribution in [3.05, 3.63) is 78.1 Å². The highest BCUT2D eigenvalue weighted by molar-refractivity contribution is 7.96. The number of benzene rings is 4. The van der Waals surface area contributed by atoms with Crippen LogP contribution in [0.25, 0.3) is 10.8 Å². The van der Waals surface area contributed by atoms with Gasteiger partial charge in [-0.05, 0) is 89.8 Å². The number of azo groups is 1. The van der Waals surface area contributed by atoms with Gasteiger partial charge in [0.2, 0.25) is 17.2 Å². The first-order chi connectivity index (χ1) is 27.2. The molecule has 4 aromatic carbocycles. The SMILES string of the molecule is O.O=C(CSOOO)OSc1ccc(N=Nc2c(SOOO)cc3cc(Nc4nc(Cl)nc(Nc5ccc(S(=O)(=O)CCOS(=O)(=O)O)cc5)n4)ccc3c2O)cc1. The first-order valence-electron chi connectivity index (χ1n) is 15.1. The van der Waals surface area contributed by atoms with Crippen molar-refractivity contribution >= 4 is 119 Å². The number of phenols is 1. The molecule has 23 nitrogen and oxygen atoms in total. The van der Waals surface area contributed by atoms with Crippen molar-refractivity contribution in [2.45, 2.75) is 14.7 Å². The molecule has 5 aromatic rings. The van der Waals surface area contributed by atoms with Gasteiger partial charge in [-0.15, -0.1) is 13.8 Å². The van der Waals surface area contributed by atoms with Crippen LogP contribution in [0.3, 0.4) is 0 Å². The molecule has 0 fully saturated rings. The molecule has 0 bridgehead atoms. The number of sulfone groups is 1. The van der Waals surface area contributed by atoms with Crippen molar-refractivity contribution in [3.63, 3.8) is 0 Å². The maximum atomic E-state index is 12.5. The zero-order chi connectivity index (χ0) is 41.0. The third kappa shape index (κ3) is 13.8. The van der Waals surface area contributed by atoms with Crippen molar-refractivity contribution in [1.82, 2.24) is 15.0 Å². The highest BCUT2D eigenvalue weighted by atomic mass is 35.5. The number of phenolic OH excluding ortho intramolecular Hbond substituents is 1. The molecule has 0 spiro atoms. The summed E-state index contributed by atoms with van der Waals surface area (Å²) in [5.41, 5.74) is 1.13. The molecular formula is C29H26ClN7O16S5. The summed E-state index contributed by atoms with van der Waals surface area (Å²) >= 11 is 7.99. The summed E-state index contributed by atoms with van der Waals surface area (Å²) in [6.45, 7) is -0.775. The average molecular weight is 924 g/mol. The topological polar surface area (TPSA) is 341 Å². The van der Waals surface area contributed by atoms with E-state index in [1.165, 1.54) is 24.3 Å². The summed E-state index contributed by atoms with van der Waals surface area (Å²) in [5, 5.41) is 50.0. The lowest BCUT2D eigenvalue weighted by Crippen LogP contribution is -2.15. The standard InChI is InChI=1S/C29H24ClN7O15S5.H2O/c30-27-33-28(31-17-3-8-21(9-4-17)56(42,43)12-11-47-57(44,45)46)35-29(34-27)32-19-5-10-22-16(13-19)14-23(55-52-50-41)25(26(22)39)37-36-18-1-6-20(7-2-18)54-48-24(38)15-53-51-49-40;/h1-10,13-14,39-41H,11-12,15H2,(H,44,45,46)(H2,31,32,33,34,35);1H2. The number of rotatable bonds is 20. The fourth-order valence-electron chi connectivity index (χ4n) is 4.36. The predicted octanol–water partition coefficient (Wildman–Crippen LogP) is 6.10. The Labute approximate surface area is 344 Å². The number of nitrogens with one attached hydrogen (secondary N) is 2. The molecule has 0 amide bonds. The largest absolute Gasteiger partial charge is 0.505 e. The van der Waals surface area contributed by atoms with Crippen LogP contribution in [0, 0.1) is 0 Å². The number of aromatic nitrogens is 3. The smallest absolute Gasteiger partial charge is 0.397 e. The average Bonchev–Trinajstić information content (AvgIpc) is 3.16. The van der Waals surface area contributed by atoms with Crippen molar-refractivity contribution in [1.29, 1.82) is 0 Å². The van der Waals surface area contributed by atoms with Crippen molar-refractivity contribution in [2.24, 2.45) is 10.2 Å². The lowest BCUT2D eigenvalue weighted by molar-refractivity contribution is -0.432. The van der Waals surface area contributed by atoms with Crippen LogP contribution < -0.4 is 10.6 Å². The number of carbonyl (C=O) groups is 1. The summed E-state index contributed by atoms with van der Waals surface area (Å²) in [5.74, 6) is -1.90. The van der Waals surface area contributed by atoms with E-state index in [-0.39, 0.29) is 49.6 Å². The van der Waals surface area contributed by atoms with E-state index >= 15 is 0 Å². The van der Waals surface area contributed by atoms with Crippen LogP contribution >= 0.6 is 47.7 Å². The minimum Gasteiger partial charge on any atom is -0.505 e. The summed E-state index contributed by atoms with van der Waals surface area (Å²) in [7, 11) is -8.74. The van der Waals surface area contributed by atoms with Crippen molar-refractivity contribution < 1.29 is 74.4 Å². The molecule has 0 atom stereocenters. The maximum Gasteiger partial charge on any atom is 0.397 e. The van der Waals surface area contributed by atoms with Gasteiger partial charge in [0.05, 0.1) is 51.9 Å². The van der Waals surface area contributed by atoms with Gasteiger partial charge >= 0.3 is 16.4 Å². The second-order valence-corrected chi connectivity index (χ2v) is 16.2. The predicted molar refractivity (Wildman–Crippen MR) is 207 cm³/mol. The molecule has 8 N–H and O–H groups in total. The van der Waals surface area contributed by atoms with E-state index in [0.717, 1.165) is 12.0 Å². The Bertz CT molecular complexity index is 2460.